The highest BCUT2D eigenvalue weighted by atomic mass is 16.1. The van der Waals surface area contributed by atoms with Gasteiger partial charge in [-0.2, -0.15) is 0 Å². The summed E-state index contributed by atoms with van der Waals surface area (Å²) in [6.45, 7) is -0.991. The van der Waals surface area contributed by atoms with Crippen LogP contribution >= 0.6 is 0 Å². The molecule has 5 heavy (non-hydrogen) atoms. The van der Waals surface area contributed by atoms with Crippen LogP contribution in [0.4, 0.5) is 0 Å². The van der Waals surface area contributed by atoms with Crippen molar-refractivity contribution in [1.29, 1.82) is 0 Å². The molecule has 2 nitrogen and oxygen atoms in total. The lowest BCUT2D eigenvalue weighted by Gasteiger charge is -1.65. The SMILES string of the molecule is [2H]C([2H])=C([2H])C(=O)N([2H])[2H]. The van der Waals surface area contributed by atoms with Gasteiger partial charge < -0.3 is 5.72 Å². The smallest absolute Gasteiger partial charge is 0.240 e. The van der Waals surface area contributed by atoms with Gasteiger partial charge in [0.25, 0.3) is 0 Å². The summed E-state index contributed by atoms with van der Waals surface area (Å²) in [5, 5.41) is 0. The van der Waals surface area contributed by atoms with Crippen molar-refractivity contribution in [3.05, 3.63) is 12.6 Å². The molecule has 28 valence electrons. The number of primary amides is 1. The molecular formula is C3H5NO. The lowest BCUT2D eigenvalue weighted by Crippen LogP contribution is -2.04. The maximum atomic E-state index is 10.3. The molecule has 0 bridgehead atoms. The van der Waals surface area contributed by atoms with Crippen LogP contribution in [0, 0.1) is 0 Å². The van der Waals surface area contributed by atoms with Gasteiger partial charge in [0, 0.05) is 0 Å². The maximum Gasteiger partial charge on any atom is 0.240 e. The van der Waals surface area contributed by atoms with Gasteiger partial charge in [-0.25, -0.2) is 0 Å². The van der Waals surface area contributed by atoms with E-state index in [4.69, 9.17) is 6.94 Å². The topological polar surface area (TPSA) is 43.1 Å². The van der Waals surface area contributed by atoms with E-state index in [-0.39, 0.29) is 5.72 Å². The highest BCUT2D eigenvalue weighted by molar-refractivity contribution is 5.84. The molecule has 0 spiro atoms. The molecule has 0 aliphatic heterocycles. The predicted octanol–water partition coefficient (Wildman–Crippen LogP) is -0.342. The zero-order chi connectivity index (χ0) is 8.31. The molecule has 0 aromatic carbocycles. The largest absolute Gasteiger partial charge is 0.366 e. The number of carbonyl (C=O) groups excluding carboxylic acids is 1. The fourth-order valence-electron chi connectivity index (χ4n) is 0. The van der Waals surface area contributed by atoms with Gasteiger partial charge in [0.2, 0.25) is 5.91 Å². The summed E-state index contributed by atoms with van der Waals surface area (Å²) in [6.07, 6.45) is 0. The summed E-state index contributed by atoms with van der Waals surface area (Å²) >= 11 is 0. The quantitative estimate of drug-likeness (QED) is 0.426. The first-order valence-corrected chi connectivity index (χ1v) is 0.928. The third-order valence-electron chi connectivity index (χ3n) is 0.107. The molecule has 0 saturated heterocycles. The van der Waals surface area contributed by atoms with Crippen LogP contribution < -0.4 is 5.72 Å². The summed E-state index contributed by atoms with van der Waals surface area (Å²) in [4.78, 5) is 10.3. The Labute approximate surface area is 37.4 Å². The Balaban J connectivity index is 4.38. The van der Waals surface area contributed by atoms with Crippen LogP contribution in [0.15, 0.2) is 12.6 Å². The van der Waals surface area contributed by atoms with Crippen molar-refractivity contribution in [1.82, 2.24) is 0 Å². The van der Waals surface area contributed by atoms with Crippen LogP contribution in [-0.4, -0.2) is 5.91 Å². The van der Waals surface area contributed by atoms with Gasteiger partial charge in [-0.15, -0.1) is 0 Å². The molecular weight excluding hydrogens is 66.0 g/mol. The highest BCUT2D eigenvalue weighted by Gasteiger charge is 1.69. The normalized spacial score (nSPS) is 18.8. The van der Waals surface area contributed by atoms with Crippen molar-refractivity contribution in [2.24, 2.45) is 5.72 Å². The molecule has 2 heteroatoms. The standard InChI is InChI=1S/C3H5NO/c1-2-3(4)5/h2H,1H2,(H2,4,5)/i1D2,2D/hD2. The van der Waals surface area contributed by atoms with Crippen LogP contribution in [0.1, 0.15) is 4.11 Å². The monoisotopic (exact) mass is 76.1 g/mol. The second-order valence-electron chi connectivity index (χ2n) is 0.430. The molecule has 2 N–H and O–H groups in total. The Kier molecular flexibility index (Phi) is 0.196. The Bertz CT molecular complexity index is 172. The molecule has 0 aromatic rings. The Morgan fingerprint density at radius 1 is 2.80 bits per heavy atom. The fraction of sp³-hybridized carbons (Fsp3) is 0. The summed E-state index contributed by atoms with van der Waals surface area (Å²) in [5.41, 5.74) is -0.342. The van der Waals surface area contributed by atoms with E-state index in [0.717, 1.165) is 0 Å². The summed E-state index contributed by atoms with van der Waals surface area (Å²) < 4.78 is 32.2. The van der Waals surface area contributed by atoms with Gasteiger partial charge >= 0.3 is 0 Å². The van der Waals surface area contributed by atoms with Crippen LogP contribution in [0.5, 0.6) is 0 Å². The molecule has 0 rings (SSSR count). The first-order valence-electron chi connectivity index (χ1n) is 3.32. The van der Waals surface area contributed by atoms with Crippen molar-refractivity contribution in [2.45, 2.75) is 0 Å². The Morgan fingerprint density at radius 2 is 3.60 bits per heavy atom. The van der Waals surface area contributed by atoms with Gasteiger partial charge in [-0.3, -0.25) is 4.79 Å². The molecule has 0 fully saturated rings. The van der Waals surface area contributed by atoms with Gasteiger partial charge in [0.05, 0.1) is 4.11 Å². The number of hydrogen-bond donors (Lipinski definition) is 1. The zero-order valence-electron chi connectivity index (χ0n) is 7.36. The van der Waals surface area contributed by atoms with E-state index in [1.807, 2.05) is 0 Å². The summed E-state index contributed by atoms with van der Waals surface area (Å²) in [5.74, 6) is -1.28. The van der Waals surface area contributed by atoms with E-state index in [9.17, 15) is 4.79 Å². The van der Waals surface area contributed by atoms with E-state index in [1.165, 1.54) is 0 Å². The van der Waals surface area contributed by atoms with E-state index >= 15 is 0 Å². The second kappa shape index (κ2) is 1.52. The lowest BCUT2D eigenvalue weighted by atomic mass is 10.6. The van der Waals surface area contributed by atoms with Gasteiger partial charge in [-0.05, 0) is 6.05 Å². The summed E-state index contributed by atoms with van der Waals surface area (Å²) in [7, 11) is 0. The highest BCUT2D eigenvalue weighted by Crippen LogP contribution is 1.48. The van der Waals surface area contributed by atoms with Crippen LogP contribution in [0.3, 0.4) is 0 Å². The predicted molar refractivity (Wildman–Crippen MR) is 19.4 cm³/mol. The average Bonchev–Trinajstić information content (AvgIpc) is 1.84. The van der Waals surface area contributed by atoms with E-state index in [1.54, 1.807) is 0 Å². The molecule has 0 saturated carbocycles. The molecule has 1 amide bonds. The Hall–Kier alpha value is -0.790. The third kappa shape index (κ3) is 3.21. The minimum absolute atomic E-state index is 0.342. The first kappa shape index (κ1) is 0.644. The second-order valence-corrected chi connectivity index (χ2v) is 0.430. The average molecular weight is 76.1 g/mol. The van der Waals surface area contributed by atoms with Crippen LogP contribution in [0.2, 0.25) is 2.82 Å². The van der Waals surface area contributed by atoms with E-state index in [2.05, 4.69) is 0 Å². The molecule has 0 unspecified atom stereocenters. The van der Waals surface area contributed by atoms with Gasteiger partial charge in [0.1, 0.15) is 0 Å². The van der Waals surface area contributed by atoms with Crippen molar-refractivity contribution in [3.63, 3.8) is 0 Å². The number of carbonyl (C=O) groups is 1. The molecule has 0 radical (unpaired) electrons. The van der Waals surface area contributed by atoms with E-state index in [0.29, 0.717) is 0 Å². The minimum atomic E-state index is -1.28. The third-order valence-corrected chi connectivity index (χ3v) is 0.107. The first-order chi connectivity index (χ1) is 4.46. The van der Waals surface area contributed by atoms with Crippen molar-refractivity contribution in [2.75, 3.05) is 0 Å². The number of hydrogen-bond acceptors (Lipinski definition) is 1. The van der Waals surface area contributed by atoms with Crippen molar-refractivity contribution in [3.8, 4) is 0 Å². The van der Waals surface area contributed by atoms with Gasteiger partial charge in [-0.1, -0.05) is 6.53 Å². The zero-order valence-corrected chi connectivity index (χ0v) is 2.36. The van der Waals surface area contributed by atoms with E-state index < -0.39 is 18.5 Å². The number of rotatable bonds is 1. The number of amides is 1. The molecule has 0 aliphatic carbocycles. The number of nitrogens with two attached hydrogens (primary N) is 1. The fourth-order valence-corrected chi connectivity index (χ4v) is 0. The van der Waals surface area contributed by atoms with Crippen LogP contribution in [-0.2, 0) is 4.79 Å². The molecule has 0 heterocycles. The van der Waals surface area contributed by atoms with Gasteiger partial charge in [0.15, 0.2) is 2.82 Å². The lowest BCUT2D eigenvalue weighted by molar-refractivity contribution is -0.113. The molecule has 0 aliphatic rings. The molecule has 0 atom stereocenters. The molecule has 0 aromatic heterocycles. The van der Waals surface area contributed by atoms with Crippen molar-refractivity contribution < 1.29 is 11.7 Å². The van der Waals surface area contributed by atoms with Crippen molar-refractivity contribution >= 4 is 5.91 Å². The summed E-state index contributed by atoms with van der Waals surface area (Å²) in [6, 6.07) is -0.954. The minimum Gasteiger partial charge on any atom is -0.366 e. The van der Waals surface area contributed by atoms with Crippen LogP contribution in [0.25, 0.3) is 0 Å². The maximum absolute atomic E-state index is 10.3. The Morgan fingerprint density at radius 3 is 3.80 bits per heavy atom.